The number of rotatable bonds is 4. The Bertz CT molecular complexity index is 378. The summed E-state index contributed by atoms with van der Waals surface area (Å²) in [5.41, 5.74) is 2.65. The highest BCUT2D eigenvalue weighted by Gasteiger charge is 2.24. The summed E-state index contributed by atoms with van der Waals surface area (Å²) < 4.78 is 0. The van der Waals surface area contributed by atoms with Crippen molar-refractivity contribution in [3.05, 3.63) is 29.6 Å². The molecular formula is C15H25N3. The molecule has 0 saturated carbocycles. The Morgan fingerprint density at radius 2 is 2.33 bits per heavy atom. The van der Waals surface area contributed by atoms with Crippen LogP contribution in [-0.4, -0.2) is 35.6 Å². The summed E-state index contributed by atoms with van der Waals surface area (Å²) in [6, 6.07) is 5.57. The van der Waals surface area contributed by atoms with Gasteiger partial charge in [-0.05, 0) is 44.9 Å². The average molecular weight is 247 g/mol. The molecule has 0 amide bonds. The average Bonchev–Trinajstić information content (AvgIpc) is 2.41. The smallest absolute Gasteiger partial charge is 0.0575 e. The molecule has 2 rings (SSSR count). The second-order valence-corrected chi connectivity index (χ2v) is 5.29. The monoisotopic (exact) mass is 247 g/mol. The fourth-order valence-electron chi connectivity index (χ4n) is 2.85. The molecule has 2 atom stereocenters. The van der Waals surface area contributed by atoms with Crippen LogP contribution in [0, 0.1) is 0 Å². The van der Waals surface area contributed by atoms with Crippen molar-refractivity contribution in [2.45, 2.75) is 51.7 Å². The van der Waals surface area contributed by atoms with E-state index in [2.05, 4.69) is 42.2 Å². The lowest BCUT2D eigenvalue weighted by atomic mass is 9.98. The lowest BCUT2D eigenvalue weighted by molar-refractivity contribution is 0.129. The number of nitrogens with zero attached hydrogens (tertiary/aromatic N) is 2. The van der Waals surface area contributed by atoms with Crippen molar-refractivity contribution in [3.8, 4) is 0 Å². The van der Waals surface area contributed by atoms with E-state index in [1.807, 2.05) is 12.3 Å². The lowest BCUT2D eigenvalue weighted by Gasteiger charge is -2.37. The maximum Gasteiger partial charge on any atom is 0.0575 e. The molecule has 18 heavy (non-hydrogen) atoms. The zero-order valence-electron chi connectivity index (χ0n) is 11.8. The van der Waals surface area contributed by atoms with Crippen molar-refractivity contribution in [2.24, 2.45) is 0 Å². The van der Waals surface area contributed by atoms with Crippen LogP contribution in [0.15, 0.2) is 18.3 Å². The molecule has 1 aromatic heterocycles. The zero-order valence-corrected chi connectivity index (χ0v) is 11.8. The number of hydrogen-bond donors (Lipinski definition) is 1. The van der Waals surface area contributed by atoms with Crippen LogP contribution in [0.4, 0.5) is 0 Å². The Morgan fingerprint density at radius 1 is 1.50 bits per heavy atom. The first kappa shape index (κ1) is 13.5. The van der Waals surface area contributed by atoms with Crippen LogP contribution in [0.25, 0.3) is 0 Å². The largest absolute Gasteiger partial charge is 0.317 e. The van der Waals surface area contributed by atoms with Gasteiger partial charge in [0.1, 0.15) is 0 Å². The van der Waals surface area contributed by atoms with Gasteiger partial charge in [0.05, 0.1) is 5.69 Å². The fraction of sp³-hybridized carbons (Fsp3) is 0.667. The van der Waals surface area contributed by atoms with Gasteiger partial charge in [0.15, 0.2) is 0 Å². The predicted molar refractivity (Wildman–Crippen MR) is 75.6 cm³/mol. The molecule has 1 aliphatic heterocycles. The molecule has 3 heteroatoms. The molecule has 0 radical (unpaired) electrons. The molecule has 0 aromatic carbocycles. The minimum absolute atomic E-state index is 0.642. The third-order valence-corrected chi connectivity index (χ3v) is 4.14. The summed E-state index contributed by atoms with van der Waals surface area (Å²) >= 11 is 0. The van der Waals surface area contributed by atoms with Crippen molar-refractivity contribution < 1.29 is 0 Å². The summed E-state index contributed by atoms with van der Waals surface area (Å²) in [7, 11) is 2.07. The Balaban J connectivity index is 2.01. The first-order valence-electron chi connectivity index (χ1n) is 7.08. The summed E-state index contributed by atoms with van der Waals surface area (Å²) in [4.78, 5) is 7.12. The summed E-state index contributed by atoms with van der Waals surface area (Å²) in [5, 5.41) is 3.40. The van der Waals surface area contributed by atoms with Crippen molar-refractivity contribution >= 4 is 0 Å². The number of aryl methyl sites for hydroxylation is 1. The summed E-state index contributed by atoms with van der Waals surface area (Å²) in [5.74, 6) is 0. The third-order valence-electron chi connectivity index (χ3n) is 4.14. The van der Waals surface area contributed by atoms with E-state index in [0.717, 1.165) is 13.0 Å². The van der Waals surface area contributed by atoms with Crippen LogP contribution in [-0.2, 0) is 13.0 Å². The van der Waals surface area contributed by atoms with Crippen LogP contribution < -0.4 is 5.32 Å². The molecule has 1 saturated heterocycles. The van der Waals surface area contributed by atoms with Gasteiger partial charge in [-0.2, -0.15) is 0 Å². The number of likely N-dealkylation sites (tertiary alicyclic amines) is 1. The molecule has 0 aliphatic carbocycles. The highest BCUT2D eigenvalue weighted by molar-refractivity contribution is 5.19. The minimum atomic E-state index is 0.642. The van der Waals surface area contributed by atoms with Gasteiger partial charge >= 0.3 is 0 Å². The van der Waals surface area contributed by atoms with Crippen LogP contribution in [0.1, 0.15) is 37.9 Å². The number of pyridine rings is 1. The first-order chi connectivity index (χ1) is 8.74. The molecule has 0 spiro atoms. The zero-order chi connectivity index (χ0) is 13.0. The lowest BCUT2D eigenvalue weighted by Crippen LogP contribution is -2.46. The van der Waals surface area contributed by atoms with Crippen LogP contribution in [0.3, 0.4) is 0 Å². The van der Waals surface area contributed by atoms with Gasteiger partial charge in [-0.3, -0.25) is 9.88 Å². The molecule has 1 aliphatic rings. The molecule has 3 nitrogen and oxygen atoms in total. The number of nitrogens with one attached hydrogen (secondary N) is 1. The van der Waals surface area contributed by atoms with Gasteiger partial charge in [-0.15, -0.1) is 0 Å². The van der Waals surface area contributed by atoms with Gasteiger partial charge < -0.3 is 5.32 Å². The Morgan fingerprint density at radius 3 is 3.00 bits per heavy atom. The third kappa shape index (κ3) is 3.09. The van der Waals surface area contributed by atoms with Gasteiger partial charge in [-0.1, -0.05) is 13.0 Å². The SMILES string of the molecule is CCc1cccnc1CN1CCC(NC)CC1C. The highest BCUT2D eigenvalue weighted by atomic mass is 15.2. The van der Waals surface area contributed by atoms with E-state index < -0.39 is 0 Å². The van der Waals surface area contributed by atoms with E-state index in [1.165, 1.54) is 30.6 Å². The molecule has 100 valence electrons. The summed E-state index contributed by atoms with van der Waals surface area (Å²) in [6.07, 6.45) is 5.48. The van der Waals surface area contributed by atoms with E-state index in [1.54, 1.807) is 0 Å². The standard InChI is InChI=1S/C15H25N3/c1-4-13-6-5-8-17-15(13)11-18-9-7-14(16-3)10-12(18)2/h5-6,8,12,14,16H,4,7,9-11H2,1-3H3. The van der Waals surface area contributed by atoms with Crippen molar-refractivity contribution in [2.75, 3.05) is 13.6 Å². The molecule has 0 bridgehead atoms. The molecule has 1 fully saturated rings. The number of piperidine rings is 1. The van der Waals surface area contributed by atoms with Gasteiger partial charge in [0.2, 0.25) is 0 Å². The Labute approximate surface area is 111 Å². The quantitative estimate of drug-likeness (QED) is 0.884. The van der Waals surface area contributed by atoms with E-state index in [9.17, 15) is 0 Å². The van der Waals surface area contributed by atoms with E-state index in [4.69, 9.17) is 0 Å². The highest BCUT2D eigenvalue weighted by Crippen LogP contribution is 2.20. The second-order valence-electron chi connectivity index (χ2n) is 5.29. The molecular weight excluding hydrogens is 222 g/mol. The van der Waals surface area contributed by atoms with E-state index >= 15 is 0 Å². The molecule has 2 heterocycles. The Hall–Kier alpha value is -0.930. The van der Waals surface area contributed by atoms with Crippen LogP contribution in [0.2, 0.25) is 0 Å². The van der Waals surface area contributed by atoms with Crippen molar-refractivity contribution in [3.63, 3.8) is 0 Å². The molecule has 1 N–H and O–H groups in total. The maximum atomic E-state index is 4.56. The van der Waals surface area contributed by atoms with E-state index in [-0.39, 0.29) is 0 Å². The van der Waals surface area contributed by atoms with Crippen molar-refractivity contribution in [1.29, 1.82) is 0 Å². The first-order valence-corrected chi connectivity index (χ1v) is 7.08. The van der Waals surface area contributed by atoms with Gasteiger partial charge in [0, 0.05) is 31.4 Å². The number of hydrogen-bond acceptors (Lipinski definition) is 3. The van der Waals surface area contributed by atoms with Gasteiger partial charge in [0.25, 0.3) is 0 Å². The van der Waals surface area contributed by atoms with Crippen LogP contribution >= 0.6 is 0 Å². The molecule has 2 unspecified atom stereocenters. The molecule has 1 aromatic rings. The van der Waals surface area contributed by atoms with Crippen molar-refractivity contribution in [1.82, 2.24) is 15.2 Å². The second kappa shape index (κ2) is 6.30. The van der Waals surface area contributed by atoms with E-state index in [0.29, 0.717) is 12.1 Å². The fourth-order valence-corrected chi connectivity index (χ4v) is 2.85. The normalized spacial score (nSPS) is 25.3. The topological polar surface area (TPSA) is 28.2 Å². The maximum absolute atomic E-state index is 4.56. The minimum Gasteiger partial charge on any atom is -0.317 e. The predicted octanol–water partition coefficient (Wildman–Crippen LogP) is 2.22. The summed E-state index contributed by atoms with van der Waals surface area (Å²) in [6.45, 7) is 6.71. The van der Waals surface area contributed by atoms with Crippen LogP contribution in [0.5, 0.6) is 0 Å². The number of aromatic nitrogens is 1. The van der Waals surface area contributed by atoms with Gasteiger partial charge in [-0.25, -0.2) is 0 Å². The Kier molecular flexibility index (Phi) is 4.72.